The zero-order chi connectivity index (χ0) is 15.5. The summed E-state index contributed by atoms with van der Waals surface area (Å²) in [5, 5.41) is 3.67. The molecule has 0 atom stereocenters. The highest BCUT2D eigenvalue weighted by Crippen LogP contribution is 2.27. The molecule has 0 unspecified atom stereocenters. The maximum Gasteiger partial charge on any atom is 0.293 e. The van der Waals surface area contributed by atoms with Gasteiger partial charge in [0, 0.05) is 12.1 Å². The van der Waals surface area contributed by atoms with Crippen LogP contribution in [0.5, 0.6) is 11.6 Å². The largest absolute Gasteiger partial charge is 0.488 e. The van der Waals surface area contributed by atoms with Crippen LogP contribution in [0.15, 0.2) is 28.8 Å². The van der Waals surface area contributed by atoms with E-state index >= 15 is 0 Å². The van der Waals surface area contributed by atoms with E-state index in [9.17, 15) is 9.18 Å². The molecule has 0 fully saturated rings. The maximum atomic E-state index is 13.7. The number of hydrogen-bond acceptors (Lipinski definition) is 5. The standard InChI is InChI=1S/C15H15FN2O4/c1-2-20-13-8-12(22-17-13)15(19)18-6-7-21-14-10(9-18)4-3-5-11(14)16/h3-5,8H,2,6-7,9H2,1H3. The molecule has 7 heteroatoms. The van der Waals surface area contributed by atoms with Gasteiger partial charge in [0.2, 0.25) is 5.76 Å². The molecule has 0 saturated heterocycles. The third-order valence-electron chi connectivity index (χ3n) is 3.30. The summed E-state index contributed by atoms with van der Waals surface area (Å²) in [7, 11) is 0. The lowest BCUT2D eigenvalue weighted by Gasteiger charge is -2.17. The second-order valence-electron chi connectivity index (χ2n) is 4.77. The molecule has 2 heterocycles. The van der Waals surface area contributed by atoms with E-state index in [-0.39, 0.29) is 36.4 Å². The SMILES string of the molecule is CCOc1cc(C(=O)N2CCOc3c(F)cccc3C2)on1. The first-order valence-electron chi connectivity index (χ1n) is 6.98. The molecule has 0 radical (unpaired) electrons. The van der Waals surface area contributed by atoms with Gasteiger partial charge in [0.15, 0.2) is 11.6 Å². The lowest BCUT2D eigenvalue weighted by molar-refractivity contribution is 0.0690. The monoisotopic (exact) mass is 306 g/mol. The summed E-state index contributed by atoms with van der Waals surface area (Å²) in [5.41, 5.74) is 0.621. The maximum absolute atomic E-state index is 13.7. The number of carbonyl (C=O) groups excluding carboxylic acids is 1. The molecule has 1 aliphatic heterocycles. The average molecular weight is 306 g/mol. The topological polar surface area (TPSA) is 64.8 Å². The predicted molar refractivity (Wildman–Crippen MR) is 74.3 cm³/mol. The van der Waals surface area contributed by atoms with Gasteiger partial charge in [0.25, 0.3) is 11.8 Å². The second-order valence-corrected chi connectivity index (χ2v) is 4.77. The van der Waals surface area contributed by atoms with E-state index in [2.05, 4.69) is 5.16 Å². The summed E-state index contributed by atoms with van der Waals surface area (Å²) >= 11 is 0. The molecule has 3 rings (SSSR count). The zero-order valence-electron chi connectivity index (χ0n) is 12.0. The van der Waals surface area contributed by atoms with Crippen LogP contribution in [0.1, 0.15) is 23.0 Å². The van der Waals surface area contributed by atoms with Crippen molar-refractivity contribution in [2.45, 2.75) is 13.5 Å². The number of para-hydroxylation sites is 1. The van der Waals surface area contributed by atoms with Crippen LogP contribution in [0.25, 0.3) is 0 Å². The van der Waals surface area contributed by atoms with Crippen molar-refractivity contribution in [3.05, 3.63) is 41.4 Å². The molecule has 0 spiro atoms. The van der Waals surface area contributed by atoms with Crippen LogP contribution in [-0.2, 0) is 6.54 Å². The summed E-state index contributed by atoms with van der Waals surface area (Å²) in [5.74, 6) is -0.207. The Morgan fingerprint density at radius 2 is 2.36 bits per heavy atom. The summed E-state index contributed by atoms with van der Waals surface area (Å²) in [4.78, 5) is 14.0. The predicted octanol–water partition coefficient (Wildman–Crippen LogP) is 2.25. The molecule has 1 amide bonds. The van der Waals surface area contributed by atoms with E-state index in [0.717, 1.165) is 0 Å². The van der Waals surface area contributed by atoms with Gasteiger partial charge in [0.05, 0.1) is 19.2 Å². The Labute approximate surface area is 126 Å². The Balaban J connectivity index is 1.80. The number of fused-ring (bicyclic) bond motifs is 1. The molecule has 1 aromatic carbocycles. The van der Waals surface area contributed by atoms with Crippen LogP contribution in [-0.4, -0.2) is 35.7 Å². The number of hydrogen-bond donors (Lipinski definition) is 0. The lowest BCUT2D eigenvalue weighted by atomic mass is 10.2. The number of ether oxygens (including phenoxy) is 2. The van der Waals surface area contributed by atoms with Crippen molar-refractivity contribution in [2.24, 2.45) is 0 Å². The Morgan fingerprint density at radius 1 is 1.50 bits per heavy atom. The van der Waals surface area contributed by atoms with E-state index in [0.29, 0.717) is 18.7 Å². The molecule has 1 aromatic heterocycles. The second kappa shape index (κ2) is 6.05. The van der Waals surface area contributed by atoms with Crippen molar-refractivity contribution in [1.82, 2.24) is 10.1 Å². The number of rotatable bonds is 3. The number of carbonyl (C=O) groups is 1. The first-order chi connectivity index (χ1) is 10.7. The van der Waals surface area contributed by atoms with Gasteiger partial charge >= 0.3 is 0 Å². The zero-order valence-corrected chi connectivity index (χ0v) is 12.0. The van der Waals surface area contributed by atoms with E-state index in [4.69, 9.17) is 14.0 Å². The quantitative estimate of drug-likeness (QED) is 0.870. The van der Waals surface area contributed by atoms with Crippen LogP contribution < -0.4 is 9.47 Å². The minimum Gasteiger partial charge on any atom is -0.488 e. The normalized spacial score (nSPS) is 14.0. The fraction of sp³-hybridized carbons (Fsp3) is 0.333. The van der Waals surface area contributed by atoms with Crippen molar-refractivity contribution < 1.29 is 23.2 Å². The highest BCUT2D eigenvalue weighted by Gasteiger charge is 2.25. The third kappa shape index (κ3) is 2.74. The Kier molecular flexibility index (Phi) is 3.95. The molecular formula is C15H15FN2O4. The van der Waals surface area contributed by atoms with Crippen LogP contribution in [0.4, 0.5) is 4.39 Å². The van der Waals surface area contributed by atoms with E-state index in [1.165, 1.54) is 17.0 Å². The fourth-order valence-electron chi connectivity index (χ4n) is 2.29. The molecule has 2 aromatic rings. The molecule has 0 aliphatic carbocycles. The smallest absolute Gasteiger partial charge is 0.293 e. The lowest BCUT2D eigenvalue weighted by Crippen LogP contribution is -2.32. The van der Waals surface area contributed by atoms with Gasteiger partial charge in [-0.2, -0.15) is 0 Å². The average Bonchev–Trinajstić information content (AvgIpc) is 2.85. The van der Waals surface area contributed by atoms with Gasteiger partial charge in [-0.15, -0.1) is 0 Å². The number of amides is 1. The van der Waals surface area contributed by atoms with Crippen LogP contribution in [0, 0.1) is 5.82 Å². The Hall–Kier alpha value is -2.57. The molecule has 0 saturated carbocycles. The Morgan fingerprint density at radius 3 is 3.18 bits per heavy atom. The van der Waals surface area contributed by atoms with Crippen LogP contribution in [0.3, 0.4) is 0 Å². The molecular weight excluding hydrogens is 291 g/mol. The minimum absolute atomic E-state index is 0.0864. The fourth-order valence-corrected chi connectivity index (χ4v) is 2.29. The van der Waals surface area contributed by atoms with E-state index in [1.807, 2.05) is 6.92 Å². The summed E-state index contributed by atoms with van der Waals surface area (Å²) in [6.07, 6.45) is 0. The Bertz CT molecular complexity index is 686. The van der Waals surface area contributed by atoms with Gasteiger partial charge in [-0.05, 0) is 18.1 Å². The highest BCUT2D eigenvalue weighted by molar-refractivity contribution is 5.91. The molecule has 22 heavy (non-hydrogen) atoms. The van der Waals surface area contributed by atoms with Crippen LogP contribution in [0.2, 0.25) is 0 Å². The van der Waals surface area contributed by atoms with Crippen molar-refractivity contribution in [1.29, 1.82) is 0 Å². The van der Waals surface area contributed by atoms with E-state index in [1.54, 1.807) is 12.1 Å². The first kappa shape index (κ1) is 14.4. The molecule has 6 nitrogen and oxygen atoms in total. The van der Waals surface area contributed by atoms with Crippen molar-refractivity contribution in [2.75, 3.05) is 19.8 Å². The molecule has 116 valence electrons. The van der Waals surface area contributed by atoms with Crippen molar-refractivity contribution in [3.63, 3.8) is 0 Å². The molecule has 0 bridgehead atoms. The summed E-state index contributed by atoms with van der Waals surface area (Å²) in [6, 6.07) is 6.11. The van der Waals surface area contributed by atoms with Gasteiger partial charge in [0.1, 0.15) is 6.61 Å². The van der Waals surface area contributed by atoms with Gasteiger partial charge in [-0.3, -0.25) is 4.79 Å². The highest BCUT2D eigenvalue weighted by atomic mass is 19.1. The van der Waals surface area contributed by atoms with Gasteiger partial charge < -0.3 is 18.9 Å². The molecule has 1 aliphatic rings. The summed E-state index contributed by atoms with van der Waals surface area (Å²) < 4.78 is 29.3. The number of benzene rings is 1. The molecule has 0 N–H and O–H groups in total. The van der Waals surface area contributed by atoms with Crippen molar-refractivity contribution in [3.8, 4) is 11.6 Å². The minimum atomic E-state index is -0.426. The third-order valence-corrected chi connectivity index (χ3v) is 3.30. The summed E-state index contributed by atoms with van der Waals surface area (Å²) in [6.45, 7) is 3.04. The first-order valence-corrected chi connectivity index (χ1v) is 6.98. The van der Waals surface area contributed by atoms with Gasteiger partial charge in [-0.1, -0.05) is 12.1 Å². The van der Waals surface area contributed by atoms with Crippen molar-refractivity contribution >= 4 is 5.91 Å². The number of aromatic nitrogens is 1. The van der Waals surface area contributed by atoms with E-state index < -0.39 is 5.82 Å². The van der Waals surface area contributed by atoms with Crippen LogP contribution >= 0.6 is 0 Å². The number of nitrogens with zero attached hydrogens (tertiary/aromatic N) is 2. The number of halogens is 1. The van der Waals surface area contributed by atoms with Gasteiger partial charge in [-0.25, -0.2) is 4.39 Å².